The molecule has 2 heterocycles. The molecule has 0 unspecified atom stereocenters. The third-order valence-corrected chi connectivity index (χ3v) is 4.73. The number of amides is 1. The number of benzene rings is 1. The molecule has 1 aromatic heterocycles. The molecule has 25 heavy (non-hydrogen) atoms. The van der Waals surface area contributed by atoms with Gasteiger partial charge in [-0.15, -0.1) is 0 Å². The first-order valence-corrected chi connectivity index (χ1v) is 8.59. The minimum atomic E-state index is -3.04. The molecular weight excluding hydrogens is 364 g/mol. The summed E-state index contributed by atoms with van der Waals surface area (Å²) >= 11 is 6.04. The van der Waals surface area contributed by atoms with Crippen LogP contribution in [0.5, 0.6) is 0 Å². The first-order chi connectivity index (χ1) is 11.9. The summed E-state index contributed by atoms with van der Waals surface area (Å²) in [5, 5.41) is 2.28. The van der Waals surface area contributed by atoms with E-state index in [-0.39, 0.29) is 10.8 Å². The van der Waals surface area contributed by atoms with Crippen molar-refractivity contribution in [3.05, 3.63) is 64.8 Å². The second-order valence-corrected chi connectivity index (χ2v) is 6.68. The summed E-state index contributed by atoms with van der Waals surface area (Å²) in [6.07, 6.45) is 3.82. The van der Waals surface area contributed by atoms with Crippen molar-refractivity contribution in [3.63, 3.8) is 0 Å². The van der Waals surface area contributed by atoms with E-state index in [1.807, 2.05) is 0 Å². The molecule has 0 atom stereocenters. The summed E-state index contributed by atoms with van der Waals surface area (Å²) in [7, 11) is 0. The molecule has 0 radical (unpaired) electrons. The second-order valence-electron chi connectivity index (χ2n) is 5.26. The monoisotopic (exact) mass is 377 g/mol. The fourth-order valence-corrected chi connectivity index (χ4v) is 3.33. The van der Waals surface area contributed by atoms with Crippen LogP contribution in [0.1, 0.15) is 18.2 Å². The van der Waals surface area contributed by atoms with Gasteiger partial charge in [0.15, 0.2) is 0 Å². The Morgan fingerprint density at radius 2 is 2.08 bits per heavy atom. The van der Waals surface area contributed by atoms with Gasteiger partial charge in [-0.3, -0.25) is 4.79 Å². The van der Waals surface area contributed by atoms with Crippen LogP contribution in [0.3, 0.4) is 0 Å². The van der Waals surface area contributed by atoms with Gasteiger partial charge in [-0.2, -0.15) is 8.78 Å². The van der Waals surface area contributed by atoms with Gasteiger partial charge in [0, 0.05) is 11.1 Å². The van der Waals surface area contributed by atoms with E-state index in [2.05, 4.69) is 5.32 Å². The van der Waals surface area contributed by atoms with E-state index < -0.39 is 5.92 Å². The third kappa shape index (κ3) is 3.88. The van der Waals surface area contributed by atoms with Crippen LogP contribution >= 0.6 is 24.0 Å². The first-order valence-electron chi connectivity index (χ1n) is 7.36. The van der Waals surface area contributed by atoms with Crippen LogP contribution in [-0.2, 0) is 5.92 Å². The van der Waals surface area contributed by atoms with Crippen LogP contribution < -0.4 is 5.32 Å². The summed E-state index contributed by atoms with van der Waals surface area (Å²) in [4.78, 5) is 12.2. The predicted molar refractivity (Wildman–Crippen MR) is 99.5 cm³/mol. The van der Waals surface area contributed by atoms with Crippen molar-refractivity contribution in [1.29, 1.82) is 0 Å². The Bertz CT molecular complexity index is 900. The number of thiocarbonyl (C=S) groups is 1. The number of allylic oxidation sites excluding steroid dienone is 2. The van der Waals surface area contributed by atoms with E-state index in [1.165, 1.54) is 18.2 Å². The van der Waals surface area contributed by atoms with Crippen LogP contribution in [0.4, 0.5) is 13.6 Å². The van der Waals surface area contributed by atoms with Gasteiger partial charge < -0.3 is 9.73 Å². The van der Waals surface area contributed by atoms with Crippen molar-refractivity contribution in [3.8, 4) is 11.3 Å². The van der Waals surface area contributed by atoms with E-state index >= 15 is 0 Å². The van der Waals surface area contributed by atoms with E-state index in [1.54, 1.807) is 37.3 Å². The smallest absolute Gasteiger partial charge is 0.291 e. The highest BCUT2D eigenvalue weighted by Gasteiger charge is 2.28. The molecule has 1 aliphatic rings. The highest BCUT2D eigenvalue weighted by Crippen LogP contribution is 2.33. The number of hydrogen-bond acceptors (Lipinski definition) is 4. The number of furan rings is 1. The van der Waals surface area contributed by atoms with Crippen molar-refractivity contribution in [2.75, 3.05) is 0 Å². The van der Waals surface area contributed by atoms with Crippen LogP contribution in [0, 0.1) is 0 Å². The Morgan fingerprint density at radius 3 is 2.76 bits per heavy atom. The second kappa shape index (κ2) is 6.93. The fourth-order valence-electron chi connectivity index (χ4n) is 2.32. The number of thioether (sulfide) groups is 1. The lowest BCUT2D eigenvalue weighted by Crippen LogP contribution is -2.15. The lowest BCUT2D eigenvalue weighted by molar-refractivity contribution is 0.0520. The molecule has 0 aliphatic carbocycles. The highest BCUT2D eigenvalue weighted by molar-refractivity contribution is 8.19. The maximum atomic E-state index is 14.0. The molecule has 7 heteroatoms. The minimum absolute atomic E-state index is 0.110. The van der Waals surface area contributed by atoms with Crippen LogP contribution in [0.2, 0.25) is 0 Å². The van der Waals surface area contributed by atoms with E-state index in [0.717, 1.165) is 17.8 Å². The van der Waals surface area contributed by atoms with Crippen LogP contribution in [-0.4, -0.2) is 10.2 Å². The number of nitrogens with one attached hydrogen (secondary N) is 1. The lowest BCUT2D eigenvalue weighted by Gasteiger charge is -2.12. The lowest BCUT2D eigenvalue weighted by atomic mass is 10.0. The fraction of sp³-hybridized carbons (Fsp3) is 0.111. The average molecular weight is 377 g/mol. The van der Waals surface area contributed by atoms with Crippen LogP contribution in [0.15, 0.2) is 57.9 Å². The maximum absolute atomic E-state index is 14.0. The minimum Gasteiger partial charge on any atom is -0.457 e. The van der Waals surface area contributed by atoms with E-state index in [0.29, 0.717) is 27.0 Å². The van der Waals surface area contributed by atoms with Gasteiger partial charge in [0.25, 0.3) is 11.2 Å². The van der Waals surface area contributed by atoms with Gasteiger partial charge in [0.05, 0.1) is 4.91 Å². The summed E-state index contributed by atoms with van der Waals surface area (Å²) in [5.41, 5.74) is 0.434. The molecule has 1 aromatic carbocycles. The van der Waals surface area contributed by atoms with Gasteiger partial charge >= 0.3 is 0 Å². The quantitative estimate of drug-likeness (QED) is 0.419. The number of halogens is 2. The van der Waals surface area contributed by atoms with E-state index in [4.69, 9.17) is 16.6 Å². The Kier molecular flexibility index (Phi) is 4.87. The molecule has 128 valence electrons. The maximum Gasteiger partial charge on any atom is 0.291 e. The van der Waals surface area contributed by atoms with E-state index in [9.17, 15) is 13.6 Å². The summed E-state index contributed by atoms with van der Waals surface area (Å²) in [6.45, 7) is 1.55. The highest BCUT2D eigenvalue weighted by atomic mass is 32.2. The molecule has 3 rings (SSSR count). The Balaban J connectivity index is 1.89. The SMILES string of the molecule is C/C=C/C(F)(F)c1cccc(-c2ccc(/C=C3/SC(=O)NC3=S)o2)c1. The van der Waals surface area contributed by atoms with Crippen molar-refractivity contribution >= 4 is 40.3 Å². The molecule has 0 saturated carbocycles. The van der Waals surface area contributed by atoms with Gasteiger partial charge in [0.2, 0.25) is 0 Å². The van der Waals surface area contributed by atoms with Gasteiger partial charge in [-0.1, -0.05) is 36.5 Å². The molecule has 0 spiro atoms. The normalized spacial score (nSPS) is 16.8. The van der Waals surface area contributed by atoms with Crippen molar-refractivity contribution in [2.45, 2.75) is 12.8 Å². The molecular formula is C18H13F2NO2S2. The number of hydrogen-bond donors (Lipinski definition) is 1. The molecule has 2 aromatic rings. The zero-order valence-electron chi connectivity index (χ0n) is 13.1. The molecule has 1 N–H and O–H groups in total. The largest absolute Gasteiger partial charge is 0.457 e. The molecule has 1 saturated heterocycles. The van der Waals surface area contributed by atoms with Crippen molar-refractivity contribution in [1.82, 2.24) is 5.32 Å². The van der Waals surface area contributed by atoms with Gasteiger partial charge in [-0.05, 0) is 49.0 Å². The third-order valence-electron chi connectivity index (χ3n) is 3.45. The Hall–Kier alpha value is -2.25. The summed E-state index contributed by atoms with van der Waals surface area (Å²) in [5.74, 6) is -2.10. The number of alkyl halides is 2. The van der Waals surface area contributed by atoms with Crippen molar-refractivity contribution < 1.29 is 18.0 Å². The summed E-state index contributed by atoms with van der Waals surface area (Å²) < 4.78 is 33.7. The number of carbonyl (C=O) groups is 1. The summed E-state index contributed by atoms with van der Waals surface area (Å²) in [6, 6.07) is 9.43. The average Bonchev–Trinajstić information content (AvgIpc) is 3.14. The molecule has 1 fully saturated rings. The predicted octanol–water partition coefficient (Wildman–Crippen LogP) is 5.74. The Morgan fingerprint density at radius 1 is 1.28 bits per heavy atom. The molecule has 1 aliphatic heterocycles. The first kappa shape index (κ1) is 17.6. The molecule has 0 bridgehead atoms. The zero-order chi connectivity index (χ0) is 18.0. The topological polar surface area (TPSA) is 42.2 Å². The Labute approximate surface area is 152 Å². The van der Waals surface area contributed by atoms with Gasteiger partial charge in [0.1, 0.15) is 16.5 Å². The number of carbonyl (C=O) groups excluding carboxylic acids is 1. The standard InChI is InChI=1S/C18H13F2NO2S2/c1-2-8-18(19,20)12-5-3-4-11(9-12)14-7-6-13(23-14)10-15-16(24)21-17(22)25-15/h2-10H,1H3,(H,21,22,24)/b8-2+,15-10+. The molecule has 1 amide bonds. The number of rotatable bonds is 4. The van der Waals surface area contributed by atoms with Crippen LogP contribution in [0.25, 0.3) is 17.4 Å². The van der Waals surface area contributed by atoms with Gasteiger partial charge in [-0.25, -0.2) is 0 Å². The zero-order valence-corrected chi connectivity index (χ0v) is 14.7. The molecule has 3 nitrogen and oxygen atoms in total. The van der Waals surface area contributed by atoms with Crippen molar-refractivity contribution in [2.24, 2.45) is 0 Å².